The summed E-state index contributed by atoms with van der Waals surface area (Å²) in [5, 5.41) is 14.2. The molecular weight excluding hydrogens is 550 g/mol. The van der Waals surface area contributed by atoms with Gasteiger partial charge in [0.05, 0.1) is 11.5 Å². The third-order valence-corrected chi connectivity index (χ3v) is 8.20. The number of rotatable bonds is 11. The van der Waals surface area contributed by atoms with Gasteiger partial charge in [0.25, 0.3) is 0 Å². The number of nitrogens with one attached hydrogen (secondary N) is 3. The van der Waals surface area contributed by atoms with Crippen LogP contribution in [-0.4, -0.2) is 46.3 Å². The summed E-state index contributed by atoms with van der Waals surface area (Å²) in [6.45, 7) is 3.14. The van der Waals surface area contributed by atoms with Gasteiger partial charge in [-0.2, -0.15) is 0 Å². The van der Waals surface area contributed by atoms with Gasteiger partial charge in [-0.3, -0.25) is 24.1 Å². The summed E-state index contributed by atoms with van der Waals surface area (Å²) < 4.78 is 4.96. The summed E-state index contributed by atoms with van der Waals surface area (Å²) in [7, 11) is 0. The number of benzene rings is 1. The van der Waals surface area contributed by atoms with E-state index < -0.39 is 6.04 Å². The van der Waals surface area contributed by atoms with Crippen LogP contribution in [0.5, 0.6) is 0 Å². The van der Waals surface area contributed by atoms with Crippen molar-refractivity contribution in [2.24, 2.45) is 0 Å². The first kappa shape index (κ1) is 29.3. The molecule has 0 saturated heterocycles. The van der Waals surface area contributed by atoms with Crippen molar-refractivity contribution in [3.8, 4) is 0 Å². The molecule has 1 aromatic carbocycles. The van der Waals surface area contributed by atoms with Crippen molar-refractivity contribution in [3.05, 3.63) is 58.5 Å². The van der Waals surface area contributed by atoms with Crippen molar-refractivity contribution in [3.63, 3.8) is 0 Å². The predicted molar refractivity (Wildman–Crippen MR) is 158 cm³/mol. The number of anilines is 3. The maximum atomic E-state index is 13.8. The molecule has 2 heterocycles. The van der Waals surface area contributed by atoms with Gasteiger partial charge < -0.3 is 20.5 Å². The SMILES string of the molecule is CC(=O)Nc1ccc(N(C(=O)CSCC(=O)Nc2cc(C)on2)[C@@H](C(=O)NC2CCCCC2)c2cccs2)cc1. The van der Waals surface area contributed by atoms with Crippen LogP contribution in [-0.2, 0) is 19.2 Å². The highest BCUT2D eigenvalue weighted by molar-refractivity contribution is 8.00. The Hall–Kier alpha value is -3.64. The fourth-order valence-corrected chi connectivity index (χ4v) is 6.08. The standard InChI is InChI=1S/C28H33N5O5S2/c1-18-15-24(32-38-18)31-25(35)16-39-17-26(36)33(22-12-10-21(11-13-22)29-19(2)34)27(23-9-6-14-40-23)28(37)30-20-7-4-3-5-8-20/h6,9-15,20,27H,3-5,7-8,16-17H2,1-2H3,(H,29,34)(H,30,37)(H,31,32,35)/t27-/m1/s1. The molecule has 1 aliphatic carbocycles. The number of aryl methyl sites for hydroxylation is 1. The van der Waals surface area contributed by atoms with Gasteiger partial charge in [-0.1, -0.05) is 30.5 Å². The van der Waals surface area contributed by atoms with Gasteiger partial charge in [0.1, 0.15) is 11.8 Å². The molecule has 212 valence electrons. The maximum absolute atomic E-state index is 13.8. The van der Waals surface area contributed by atoms with E-state index in [9.17, 15) is 19.2 Å². The van der Waals surface area contributed by atoms with E-state index in [0.29, 0.717) is 23.0 Å². The molecule has 3 N–H and O–H groups in total. The maximum Gasteiger partial charge on any atom is 0.248 e. The molecule has 3 aromatic rings. The third kappa shape index (κ3) is 8.18. The lowest BCUT2D eigenvalue weighted by Gasteiger charge is -2.33. The van der Waals surface area contributed by atoms with Crippen molar-refractivity contribution in [2.45, 2.75) is 58.0 Å². The van der Waals surface area contributed by atoms with Crippen LogP contribution in [0.3, 0.4) is 0 Å². The Morgan fingerprint density at radius 1 is 1.07 bits per heavy atom. The molecule has 1 aliphatic rings. The zero-order chi connectivity index (χ0) is 28.5. The summed E-state index contributed by atoms with van der Waals surface area (Å²) >= 11 is 2.55. The molecule has 12 heteroatoms. The zero-order valence-corrected chi connectivity index (χ0v) is 24.1. The Labute approximate surface area is 241 Å². The average molecular weight is 584 g/mol. The van der Waals surface area contributed by atoms with Gasteiger partial charge in [-0.15, -0.1) is 23.1 Å². The minimum atomic E-state index is -0.881. The highest BCUT2D eigenvalue weighted by Gasteiger charge is 2.34. The van der Waals surface area contributed by atoms with E-state index in [1.165, 1.54) is 23.2 Å². The molecule has 1 fully saturated rings. The van der Waals surface area contributed by atoms with Gasteiger partial charge in [0, 0.05) is 35.3 Å². The molecule has 10 nitrogen and oxygen atoms in total. The minimum absolute atomic E-state index is 0.0187. The van der Waals surface area contributed by atoms with Gasteiger partial charge in [-0.25, -0.2) is 0 Å². The first-order valence-electron chi connectivity index (χ1n) is 13.1. The fourth-order valence-electron chi connectivity index (χ4n) is 4.60. The monoisotopic (exact) mass is 583 g/mol. The second kappa shape index (κ2) is 14.1. The number of thiophene rings is 1. The molecule has 40 heavy (non-hydrogen) atoms. The van der Waals surface area contributed by atoms with Crippen LogP contribution in [0.15, 0.2) is 52.4 Å². The molecule has 0 aliphatic heterocycles. The summed E-state index contributed by atoms with van der Waals surface area (Å²) in [6.07, 6.45) is 5.12. The van der Waals surface area contributed by atoms with E-state index in [1.54, 1.807) is 37.3 Å². The lowest BCUT2D eigenvalue weighted by atomic mass is 9.95. The molecule has 0 unspecified atom stereocenters. The lowest BCUT2D eigenvalue weighted by molar-refractivity contribution is -0.126. The molecule has 0 bridgehead atoms. The molecule has 0 spiro atoms. The smallest absolute Gasteiger partial charge is 0.248 e. The van der Waals surface area contributed by atoms with E-state index >= 15 is 0 Å². The molecule has 1 atom stereocenters. The molecule has 0 radical (unpaired) electrons. The van der Waals surface area contributed by atoms with Gasteiger partial charge in [0.15, 0.2) is 5.82 Å². The average Bonchev–Trinajstić information content (AvgIpc) is 3.60. The Balaban J connectivity index is 1.54. The summed E-state index contributed by atoms with van der Waals surface area (Å²) in [4.78, 5) is 53.7. The zero-order valence-electron chi connectivity index (χ0n) is 22.5. The van der Waals surface area contributed by atoms with Crippen molar-refractivity contribution >= 4 is 63.9 Å². The third-order valence-electron chi connectivity index (χ3n) is 6.36. The number of hydrogen-bond acceptors (Lipinski definition) is 8. The molecular formula is C28H33N5O5S2. The van der Waals surface area contributed by atoms with Crippen LogP contribution in [0.1, 0.15) is 55.7 Å². The van der Waals surface area contributed by atoms with Crippen molar-refractivity contribution in [1.29, 1.82) is 0 Å². The number of hydrogen-bond donors (Lipinski definition) is 3. The van der Waals surface area contributed by atoms with E-state index in [4.69, 9.17) is 4.52 Å². The molecule has 4 rings (SSSR count). The number of thioether (sulfide) groups is 1. The van der Waals surface area contributed by atoms with Crippen molar-refractivity contribution in [2.75, 3.05) is 27.0 Å². The van der Waals surface area contributed by atoms with E-state index in [1.807, 2.05) is 17.5 Å². The lowest BCUT2D eigenvalue weighted by Crippen LogP contribution is -2.47. The van der Waals surface area contributed by atoms with Gasteiger partial charge in [0.2, 0.25) is 23.6 Å². The van der Waals surface area contributed by atoms with Crippen LogP contribution in [0.25, 0.3) is 0 Å². The normalized spacial score (nSPS) is 14.2. The molecule has 2 aromatic heterocycles. The first-order valence-corrected chi connectivity index (χ1v) is 15.2. The van der Waals surface area contributed by atoms with Crippen LogP contribution < -0.4 is 20.9 Å². The van der Waals surface area contributed by atoms with Crippen LogP contribution in [0.4, 0.5) is 17.2 Å². The van der Waals surface area contributed by atoms with Crippen LogP contribution in [0.2, 0.25) is 0 Å². The second-order valence-corrected chi connectivity index (χ2v) is 11.6. The highest BCUT2D eigenvalue weighted by atomic mass is 32.2. The number of carbonyl (C=O) groups excluding carboxylic acids is 4. The molecule has 1 saturated carbocycles. The summed E-state index contributed by atoms with van der Waals surface area (Å²) in [5.41, 5.74) is 1.09. The number of aromatic nitrogens is 1. The topological polar surface area (TPSA) is 134 Å². The quantitative estimate of drug-likeness (QED) is 0.292. The van der Waals surface area contributed by atoms with E-state index in [2.05, 4.69) is 21.1 Å². The van der Waals surface area contributed by atoms with Crippen molar-refractivity contribution < 1.29 is 23.7 Å². The van der Waals surface area contributed by atoms with Gasteiger partial charge in [-0.05, 0) is 55.5 Å². The Kier molecular flexibility index (Phi) is 10.4. The van der Waals surface area contributed by atoms with Crippen LogP contribution >= 0.6 is 23.1 Å². The number of amides is 4. The van der Waals surface area contributed by atoms with E-state index in [0.717, 1.165) is 48.7 Å². The predicted octanol–water partition coefficient (Wildman–Crippen LogP) is 4.90. The second-order valence-electron chi connectivity index (χ2n) is 9.62. The van der Waals surface area contributed by atoms with Crippen molar-refractivity contribution in [1.82, 2.24) is 10.5 Å². The molecule has 4 amide bonds. The summed E-state index contributed by atoms with van der Waals surface area (Å²) in [5.74, 6) is -0.210. The number of carbonyl (C=O) groups is 4. The van der Waals surface area contributed by atoms with E-state index in [-0.39, 0.29) is 41.2 Å². The highest BCUT2D eigenvalue weighted by Crippen LogP contribution is 2.33. The van der Waals surface area contributed by atoms with Gasteiger partial charge >= 0.3 is 0 Å². The fraction of sp³-hybridized carbons (Fsp3) is 0.393. The first-order chi connectivity index (χ1) is 19.3. The Morgan fingerprint density at radius 3 is 2.45 bits per heavy atom. The Bertz CT molecular complexity index is 1300. The summed E-state index contributed by atoms with van der Waals surface area (Å²) in [6, 6.07) is 11.3. The minimum Gasteiger partial charge on any atom is -0.360 e. The largest absolute Gasteiger partial charge is 0.360 e. The number of nitrogens with zero attached hydrogens (tertiary/aromatic N) is 2. The Morgan fingerprint density at radius 2 is 1.82 bits per heavy atom. The van der Waals surface area contributed by atoms with Crippen LogP contribution in [0, 0.1) is 6.92 Å².